The van der Waals surface area contributed by atoms with Crippen LogP contribution in [0.4, 0.5) is 0 Å². The molecule has 4 nitrogen and oxygen atoms in total. The number of fused-ring (bicyclic) bond motifs is 1. The summed E-state index contributed by atoms with van der Waals surface area (Å²) < 4.78 is 31.5. The van der Waals surface area contributed by atoms with Gasteiger partial charge in [0.25, 0.3) is 0 Å². The SMILES string of the molecule is COc1ccc2c(c1)CCNC1(C2)CC1S(=O)(=O)c1cccc(C)c1. The molecule has 5 heteroatoms. The summed E-state index contributed by atoms with van der Waals surface area (Å²) >= 11 is 0. The Balaban J connectivity index is 1.64. The number of hydrogen-bond acceptors (Lipinski definition) is 4. The maximum atomic E-state index is 13.1. The van der Waals surface area contributed by atoms with Crippen molar-refractivity contribution in [3.8, 4) is 5.75 Å². The van der Waals surface area contributed by atoms with Crippen molar-refractivity contribution in [2.24, 2.45) is 0 Å². The number of benzene rings is 2. The Hall–Kier alpha value is -1.85. The summed E-state index contributed by atoms with van der Waals surface area (Å²) in [5.41, 5.74) is 3.12. The molecule has 4 rings (SSSR count). The fourth-order valence-corrected chi connectivity index (χ4v) is 6.21. The van der Waals surface area contributed by atoms with Crippen LogP contribution in [0.5, 0.6) is 5.75 Å². The van der Waals surface area contributed by atoms with Gasteiger partial charge in [-0.3, -0.25) is 0 Å². The number of ether oxygens (including phenoxy) is 1. The van der Waals surface area contributed by atoms with E-state index in [4.69, 9.17) is 4.74 Å². The smallest absolute Gasteiger partial charge is 0.183 e. The Bertz CT molecular complexity index is 922. The average molecular weight is 357 g/mol. The molecule has 0 aromatic heterocycles. The molecule has 2 atom stereocenters. The number of hydrogen-bond donors (Lipinski definition) is 1. The van der Waals surface area contributed by atoms with E-state index in [0.29, 0.717) is 11.3 Å². The Morgan fingerprint density at radius 2 is 2.00 bits per heavy atom. The largest absolute Gasteiger partial charge is 0.497 e. The lowest BCUT2D eigenvalue weighted by molar-refractivity contribution is 0.414. The van der Waals surface area contributed by atoms with Crippen LogP contribution in [0, 0.1) is 6.92 Å². The first-order valence-corrected chi connectivity index (χ1v) is 10.2. The Kier molecular flexibility index (Phi) is 3.89. The first-order valence-electron chi connectivity index (χ1n) is 8.66. The van der Waals surface area contributed by atoms with Crippen LogP contribution in [0.15, 0.2) is 47.4 Å². The van der Waals surface area contributed by atoms with Crippen LogP contribution >= 0.6 is 0 Å². The van der Waals surface area contributed by atoms with Crippen LogP contribution in [0.25, 0.3) is 0 Å². The van der Waals surface area contributed by atoms with Crippen molar-refractivity contribution in [3.05, 3.63) is 59.2 Å². The zero-order chi connectivity index (χ0) is 17.7. The zero-order valence-corrected chi connectivity index (χ0v) is 15.4. The number of nitrogens with one attached hydrogen (secondary N) is 1. The first-order chi connectivity index (χ1) is 11.9. The van der Waals surface area contributed by atoms with Crippen molar-refractivity contribution in [2.75, 3.05) is 13.7 Å². The fraction of sp³-hybridized carbons (Fsp3) is 0.400. The summed E-state index contributed by atoms with van der Waals surface area (Å²) in [5, 5.41) is 3.18. The van der Waals surface area contributed by atoms with E-state index in [1.165, 1.54) is 11.1 Å². The number of methoxy groups -OCH3 is 1. The van der Waals surface area contributed by atoms with Gasteiger partial charge in [-0.1, -0.05) is 18.2 Å². The maximum Gasteiger partial charge on any atom is 0.183 e. The molecule has 132 valence electrons. The highest BCUT2D eigenvalue weighted by atomic mass is 32.2. The van der Waals surface area contributed by atoms with Crippen LogP contribution in [0.3, 0.4) is 0 Å². The summed E-state index contributed by atoms with van der Waals surface area (Å²) in [4.78, 5) is 0.440. The molecule has 1 spiro atoms. The van der Waals surface area contributed by atoms with Gasteiger partial charge in [-0.25, -0.2) is 8.42 Å². The minimum Gasteiger partial charge on any atom is -0.497 e. The van der Waals surface area contributed by atoms with Gasteiger partial charge in [0.15, 0.2) is 9.84 Å². The van der Waals surface area contributed by atoms with Gasteiger partial charge in [0.05, 0.1) is 17.3 Å². The van der Waals surface area contributed by atoms with E-state index in [9.17, 15) is 8.42 Å². The summed E-state index contributed by atoms with van der Waals surface area (Å²) in [7, 11) is -1.64. The average Bonchev–Trinajstić information content (AvgIpc) is 3.34. The van der Waals surface area contributed by atoms with Crippen LogP contribution in [-0.2, 0) is 22.7 Å². The Morgan fingerprint density at radius 1 is 1.16 bits per heavy atom. The molecule has 1 N–H and O–H groups in total. The third kappa shape index (κ3) is 2.85. The van der Waals surface area contributed by atoms with Crippen LogP contribution < -0.4 is 10.1 Å². The van der Waals surface area contributed by atoms with Gasteiger partial charge in [-0.05, 0) is 73.7 Å². The standard InChI is InChI=1S/C20H23NO3S/c1-14-4-3-5-18(10-14)25(22,23)19-13-20(19)12-16-6-7-17(24-2)11-15(16)8-9-21-20/h3-7,10-11,19,21H,8-9,12-13H2,1-2H3. The minimum atomic E-state index is -3.32. The normalized spacial score (nSPS) is 25.3. The molecule has 1 heterocycles. The van der Waals surface area contributed by atoms with Gasteiger partial charge in [0, 0.05) is 5.54 Å². The van der Waals surface area contributed by atoms with Gasteiger partial charge in [-0.15, -0.1) is 0 Å². The lowest BCUT2D eigenvalue weighted by Crippen LogP contribution is -2.38. The monoisotopic (exact) mass is 357 g/mol. The van der Waals surface area contributed by atoms with E-state index in [-0.39, 0.29) is 10.8 Å². The number of aryl methyl sites for hydroxylation is 1. The third-order valence-corrected chi connectivity index (χ3v) is 7.77. The van der Waals surface area contributed by atoms with Gasteiger partial charge < -0.3 is 10.1 Å². The van der Waals surface area contributed by atoms with Crippen molar-refractivity contribution >= 4 is 9.84 Å². The van der Waals surface area contributed by atoms with Gasteiger partial charge >= 0.3 is 0 Å². The van der Waals surface area contributed by atoms with E-state index in [2.05, 4.69) is 17.4 Å². The number of rotatable bonds is 3. The van der Waals surface area contributed by atoms with Crippen molar-refractivity contribution < 1.29 is 13.2 Å². The summed E-state index contributed by atoms with van der Waals surface area (Å²) in [6.45, 7) is 2.72. The summed E-state index contributed by atoms with van der Waals surface area (Å²) in [6, 6.07) is 13.3. The van der Waals surface area contributed by atoms with Crippen molar-refractivity contribution in [3.63, 3.8) is 0 Å². The maximum absolute atomic E-state index is 13.1. The van der Waals surface area contributed by atoms with Crippen molar-refractivity contribution in [1.82, 2.24) is 5.32 Å². The third-order valence-electron chi connectivity index (χ3n) is 5.49. The molecule has 0 bridgehead atoms. The second kappa shape index (κ2) is 5.85. The van der Waals surface area contributed by atoms with E-state index in [1.54, 1.807) is 19.2 Å². The second-order valence-corrected chi connectivity index (χ2v) is 9.33. The van der Waals surface area contributed by atoms with E-state index < -0.39 is 9.84 Å². The van der Waals surface area contributed by atoms with Crippen LogP contribution in [0.1, 0.15) is 23.1 Å². The molecule has 0 saturated heterocycles. The molecule has 1 aliphatic carbocycles. The molecule has 2 unspecified atom stereocenters. The highest BCUT2D eigenvalue weighted by Crippen LogP contribution is 2.48. The van der Waals surface area contributed by atoms with Crippen LogP contribution in [0.2, 0.25) is 0 Å². The van der Waals surface area contributed by atoms with E-state index in [0.717, 1.165) is 30.7 Å². The first kappa shape index (κ1) is 16.6. The Morgan fingerprint density at radius 3 is 2.76 bits per heavy atom. The van der Waals surface area contributed by atoms with E-state index >= 15 is 0 Å². The molecule has 0 radical (unpaired) electrons. The fourth-order valence-electron chi connectivity index (χ4n) is 3.99. The number of sulfone groups is 1. The van der Waals surface area contributed by atoms with Gasteiger partial charge in [0.1, 0.15) is 5.75 Å². The van der Waals surface area contributed by atoms with E-state index in [1.807, 2.05) is 25.1 Å². The predicted molar refractivity (Wildman–Crippen MR) is 97.9 cm³/mol. The molecule has 1 saturated carbocycles. The highest BCUT2D eigenvalue weighted by Gasteiger charge is 2.61. The topological polar surface area (TPSA) is 55.4 Å². The van der Waals surface area contributed by atoms with Crippen LogP contribution in [-0.4, -0.2) is 32.9 Å². The molecule has 2 aromatic carbocycles. The molecular formula is C20H23NO3S. The van der Waals surface area contributed by atoms with Gasteiger partial charge in [0.2, 0.25) is 0 Å². The molecule has 2 aliphatic rings. The molecule has 2 aromatic rings. The highest BCUT2D eigenvalue weighted by molar-refractivity contribution is 7.92. The molecular weight excluding hydrogens is 334 g/mol. The minimum absolute atomic E-state index is 0.331. The molecule has 1 fully saturated rings. The summed E-state index contributed by atoms with van der Waals surface area (Å²) in [5.74, 6) is 0.856. The second-order valence-electron chi connectivity index (χ2n) is 7.20. The Labute approximate surface area is 149 Å². The van der Waals surface area contributed by atoms with Crippen molar-refractivity contribution in [1.29, 1.82) is 0 Å². The quantitative estimate of drug-likeness (QED) is 0.918. The summed E-state index contributed by atoms with van der Waals surface area (Å²) in [6.07, 6.45) is 2.32. The molecule has 0 amide bonds. The predicted octanol–water partition coefficient (Wildman–Crippen LogP) is 2.68. The zero-order valence-electron chi connectivity index (χ0n) is 14.6. The lowest BCUT2D eigenvalue weighted by Gasteiger charge is -2.17. The van der Waals surface area contributed by atoms with Gasteiger partial charge in [-0.2, -0.15) is 0 Å². The molecule has 1 aliphatic heterocycles. The lowest BCUT2D eigenvalue weighted by atomic mass is 9.99. The van der Waals surface area contributed by atoms with Crippen molar-refractivity contribution in [2.45, 2.75) is 41.9 Å². The molecule has 25 heavy (non-hydrogen) atoms.